The minimum absolute atomic E-state index is 0.0397. The molecule has 0 atom stereocenters. The molecule has 1 aliphatic heterocycles. The van der Waals surface area contributed by atoms with Gasteiger partial charge in [-0.2, -0.15) is 4.31 Å². The zero-order valence-corrected chi connectivity index (χ0v) is 17.8. The largest absolute Gasteiger partial charge is 0.573 e. The van der Waals surface area contributed by atoms with Crippen LogP contribution in [0.5, 0.6) is 5.75 Å². The number of rotatable bonds is 6. The van der Waals surface area contributed by atoms with Gasteiger partial charge in [-0.05, 0) is 18.2 Å². The summed E-state index contributed by atoms with van der Waals surface area (Å²) in [6, 6.07) is 10.0. The SMILES string of the molecule is O=C(/C=C/c1ccccc1OC(F)(F)F)N1CCN(S(=O)(=O)c2cccc([N+](=O)[O-])c2)CC1. The van der Waals surface area contributed by atoms with E-state index in [1.807, 2.05) is 0 Å². The molecule has 0 spiro atoms. The molecular formula is C20H18F3N3O6S. The molecule has 176 valence electrons. The molecule has 1 aliphatic rings. The number of halogens is 3. The first-order valence-corrected chi connectivity index (χ1v) is 11.0. The number of nitro benzene ring substituents is 1. The first-order chi connectivity index (χ1) is 15.5. The van der Waals surface area contributed by atoms with Crippen molar-refractivity contribution in [1.82, 2.24) is 9.21 Å². The fraction of sp³-hybridized carbons (Fsp3) is 0.250. The first kappa shape index (κ1) is 24.2. The maximum Gasteiger partial charge on any atom is 0.573 e. The number of nitrogens with zero attached hydrogens (tertiary/aromatic N) is 3. The van der Waals surface area contributed by atoms with Crippen molar-refractivity contribution in [2.45, 2.75) is 11.3 Å². The summed E-state index contributed by atoms with van der Waals surface area (Å²) in [5.41, 5.74) is -0.306. The Balaban J connectivity index is 1.65. The Bertz CT molecular complexity index is 1180. The number of hydrogen-bond donors (Lipinski definition) is 0. The zero-order chi connectivity index (χ0) is 24.2. The third kappa shape index (κ3) is 6.08. The Kier molecular flexibility index (Phi) is 7.03. The molecule has 0 radical (unpaired) electrons. The van der Waals surface area contributed by atoms with Crippen LogP contribution in [0.25, 0.3) is 6.08 Å². The van der Waals surface area contributed by atoms with Gasteiger partial charge < -0.3 is 9.64 Å². The zero-order valence-electron chi connectivity index (χ0n) is 16.9. The summed E-state index contributed by atoms with van der Waals surface area (Å²) >= 11 is 0. The average Bonchev–Trinajstić information content (AvgIpc) is 2.77. The van der Waals surface area contributed by atoms with Crippen molar-refractivity contribution in [3.63, 3.8) is 0 Å². The van der Waals surface area contributed by atoms with Crippen molar-refractivity contribution in [3.05, 3.63) is 70.3 Å². The molecule has 1 saturated heterocycles. The molecule has 0 aliphatic carbocycles. The van der Waals surface area contributed by atoms with E-state index in [-0.39, 0.29) is 42.3 Å². The van der Waals surface area contributed by atoms with Crippen LogP contribution in [0.3, 0.4) is 0 Å². The molecular weight excluding hydrogens is 467 g/mol. The number of benzene rings is 2. The van der Waals surface area contributed by atoms with Crippen LogP contribution < -0.4 is 4.74 Å². The highest BCUT2D eigenvalue weighted by atomic mass is 32.2. The van der Waals surface area contributed by atoms with Crippen molar-refractivity contribution >= 4 is 27.7 Å². The van der Waals surface area contributed by atoms with Crippen molar-refractivity contribution in [1.29, 1.82) is 0 Å². The van der Waals surface area contributed by atoms with Crippen LogP contribution >= 0.6 is 0 Å². The van der Waals surface area contributed by atoms with Gasteiger partial charge >= 0.3 is 6.36 Å². The highest BCUT2D eigenvalue weighted by Gasteiger charge is 2.32. The number of nitro groups is 1. The third-order valence-electron chi connectivity index (χ3n) is 4.77. The van der Waals surface area contributed by atoms with Gasteiger partial charge in [-0.25, -0.2) is 8.42 Å². The summed E-state index contributed by atoms with van der Waals surface area (Å²) in [7, 11) is -4.00. The van der Waals surface area contributed by atoms with E-state index in [1.165, 1.54) is 47.4 Å². The lowest BCUT2D eigenvalue weighted by Gasteiger charge is -2.33. The monoisotopic (exact) mass is 485 g/mol. The lowest BCUT2D eigenvalue weighted by atomic mass is 10.2. The fourth-order valence-electron chi connectivity index (χ4n) is 3.16. The minimum Gasteiger partial charge on any atom is -0.405 e. The van der Waals surface area contributed by atoms with Gasteiger partial charge in [0.25, 0.3) is 5.69 Å². The highest BCUT2D eigenvalue weighted by molar-refractivity contribution is 7.89. The van der Waals surface area contributed by atoms with E-state index < -0.39 is 33.0 Å². The Morgan fingerprint density at radius 1 is 1.06 bits per heavy atom. The number of alkyl halides is 3. The van der Waals surface area contributed by atoms with E-state index in [9.17, 15) is 36.5 Å². The van der Waals surface area contributed by atoms with Crippen LogP contribution in [0.15, 0.2) is 59.5 Å². The van der Waals surface area contributed by atoms with Gasteiger partial charge in [0, 0.05) is 50.0 Å². The summed E-state index contributed by atoms with van der Waals surface area (Å²) in [6.45, 7) is -0.00713. The normalized spacial score (nSPS) is 15.5. The summed E-state index contributed by atoms with van der Waals surface area (Å²) in [5, 5.41) is 10.9. The maximum absolute atomic E-state index is 12.8. The number of para-hydroxylation sites is 1. The summed E-state index contributed by atoms with van der Waals surface area (Å²) in [6.07, 6.45) is -2.60. The van der Waals surface area contributed by atoms with Gasteiger partial charge in [0.2, 0.25) is 15.9 Å². The topological polar surface area (TPSA) is 110 Å². The van der Waals surface area contributed by atoms with Gasteiger partial charge in [-0.3, -0.25) is 14.9 Å². The average molecular weight is 485 g/mol. The van der Waals surface area contributed by atoms with Crippen molar-refractivity contribution in [2.24, 2.45) is 0 Å². The van der Waals surface area contributed by atoms with Crippen molar-refractivity contribution in [3.8, 4) is 5.75 Å². The van der Waals surface area contributed by atoms with Gasteiger partial charge in [0.1, 0.15) is 5.75 Å². The number of non-ortho nitro benzene ring substituents is 1. The molecule has 1 amide bonds. The molecule has 2 aromatic carbocycles. The number of ether oxygens (including phenoxy) is 1. The second kappa shape index (κ2) is 9.58. The molecule has 0 unspecified atom stereocenters. The molecule has 0 bridgehead atoms. The summed E-state index contributed by atoms with van der Waals surface area (Å²) < 4.78 is 68.2. The molecule has 0 aromatic heterocycles. The molecule has 1 heterocycles. The quantitative estimate of drug-likeness (QED) is 0.353. The van der Waals surface area contributed by atoms with Crippen LogP contribution in [0.4, 0.5) is 18.9 Å². The minimum atomic E-state index is -4.88. The first-order valence-electron chi connectivity index (χ1n) is 9.54. The number of piperazine rings is 1. The lowest BCUT2D eigenvalue weighted by Crippen LogP contribution is -2.50. The Labute approximate surface area is 186 Å². The molecule has 9 nitrogen and oxygen atoms in total. The van der Waals surface area contributed by atoms with Crippen molar-refractivity contribution < 1.29 is 36.0 Å². The van der Waals surface area contributed by atoms with Crippen LogP contribution in [-0.4, -0.2) is 61.0 Å². The van der Waals surface area contributed by atoms with E-state index in [1.54, 1.807) is 0 Å². The molecule has 2 aromatic rings. The Morgan fingerprint density at radius 2 is 1.73 bits per heavy atom. The number of carbonyl (C=O) groups is 1. The van der Waals surface area contributed by atoms with Gasteiger partial charge in [0.05, 0.1) is 9.82 Å². The van der Waals surface area contributed by atoms with Crippen LogP contribution in [0.1, 0.15) is 5.56 Å². The van der Waals surface area contributed by atoms with E-state index in [0.29, 0.717) is 0 Å². The molecule has 0 N–H and O–H groups in total. The predicted molar refractivity (Wildman–Crippen MR) is 111 cm³/mol. The third-order valence-corrected chi connectivity index (χ3v) is 6.66. The van der Waals surface area contributed by atoms with E-state index >= 15 is 0 Å². The van der Waals surface area contributed by atoms with Gasteiger partial charge in [0.15, 0.2) is 0 Å². The maximum atomic E-state index is 12.8. The number of sulfonamides is 1. The van der Waals surface area contributed by atoms with Crippen molar-refractivity contribution in [2.75, 3.05) is 26.2 Å². The lowest BCUT2D eigenvalue weighted by molar-refractivity contribution is -0.385. The Hall–Kier alpha value is -3.45. The number of carbonyl (C=O) groups excluding carboxylic acids is 1. The molecule has 1 fully saturated rings. The predicted octanol–water partition coefficient (Wildman–Crippen LogP) is 3.04. The molecule has 13 heteroatoms. The molecule has 33 heavy (non-hydrogen) atoms. The standard InChI is InChI=1S/C20H18F3N3O6S/c21-20(22,23)32-18-7-2-1-4-15(18)8-9-19(27)24-10-12-25(13-11-24)33(30,31)17-6-3-5-16(14-17)26(28)29/h1-9,14H,10-13H2/b9-8+. The second-order valence-corrected chi connectivity index (χ2v) is 8.84. The van der Waals surface area contributed by atoms with Crippen LogP contribution in [0.2, 0.25) is 0 Å². The van der Waals surface area contributed by atoms with E-state index in [2.05, 4.69) is 4.74 Å². The van der Waals surface area contributed by atoms with Crippen LogP contribution in [-0.2, 0) is 14.8 Å². The summed E-state index contributed by atoms with van der Waals surface area (Å²) in [5.74, 6) is -0.967. The molecule has 0 saturated carbocycles. The highest BCUT2D eigenvalue weighted by Crippen LogP contribution is 2.27. The summed E-state index contributed by atoms with van der Waals surface area (Å²) in [4.78, 5) is 23.8. The van der Waals surface area contributed by atoms with E-state index in [4.69, 9.17) is 0 Å². The molecule has 3 rings (SSSR count). The fourth-order valence-corrected chi connectivity index (χ4v) is 4.62. The van der Waals surface area contributed by atoms with Gasteiger partial charge in [-0.1, -0.05) is 24.3 Å². The number of amides is 1. The van der Waals surface area contributed by atoms with Gasteiger partial charge in [-0.15, -0.1) is 13.2 Å². The van der Waals surface area contributed by atoms with E-state index in [0.717, 1.165) is 22.5 Å². The van der Waals surface area contributed by atoms with Crippen LogP contribution in [0, 0.1) is 10.1 Å². The second-order valence-electron chi connectivity index (χ2n) is 6.90. The smallest absolute Gasteiger partial charge is 0.405 e. The Morgan fingerprint density at radius 3 is 2.36 bits per heavy atom. The number of hydrogen-bond acceptors (Lipinski definition) is 6.